The van der Waals surface area contributed by atoms with Gasteiger partial charge in [-0.15, -0.1) is 0 Å². The molecule has 0 aromatic heterocycles. The Balaban J connectivity index is 1.94. The van der Waals surface area contributed by atoms with E-state index >= 15 is 0 Å². The first kappa shape index (κ1) is 17.8. The molecule has 0 bridgehead atoms. The summed E-state index contributed by atoms with van der Waals surface area (Å²) in [6, 6.07) is 15.4. The summed E-state index contributed by atoms with van der Waals surface area (Å²) in [6.45, 7) is 4.85. The fourth-order valence-electron chi connectivity index (χ4n) is 2.51. The van der Waals surface area contributed by atoms with Crippen LogP contribution >= 0.6 is 0 Å². The Morgan fingerprint density at radius 2 is 1.79 bits per heavy atom. The summed E-state index contributed by atoms with van der Waals surface area (Å²) >= 11 is 0. The number of methoxy groups -OCH3 is 1. The molecule has 0 saturated carbocycles. The number of hydrogen-bond acceptors (Lipinski definition) is 3. The van der Waals surface area contributed by atoms with Crippen molar-refractivity contribution in [3.05, 3.63) is 54.1 Å². The number of carbonyl (C=O) groups is 1. The highest BCUT2D eigenvalue weighted by Crippen LogP contribution is 2.23. The minimum absolute atomic E-state index is 0.0658. The standard InChI is InChI=1S/C19H24N2O3/c1-4-24-18-12-8-6-10-16(18)21-19(22)13-20-14(2)15-9-5-7-11-17(15)23-3/h5-12,14,20H,4,13H2,1-3H3,(H,21,22)/p+1/t14-/m0/s1. The fourth-order valence-corrected chi connectivity index (χ4v) is 2.51. The van der Waals surface area contributed by atoms with Gasteiger partial charge in [-0.05, 0) is 38.1 Å². The molecule has 5 heteroatoms. The van der Waals surface area contributed by atoms with Gasteiger partial charge in [-0.3, -0.25) is 4.79 Å². The van der Waals surface area contributed by atoms with Gasteiger partial charge in [0.25, 0.3) is 5.91 Å². The highest BCUT2D eigenvalue weighted by Gasteiger charge is 2.16. The number of para-hydroxylation sites is 3. The summed E-state index contributed by atoms with van der Waals surface area (Å²) in [7, 11) is 1.66. The Morgan fingerprint density at radius 1 is 1.12 bits per heavy atom. The molecule has 0 fully saturated rings. The second-order valence-electron chi connectivity index (χ2n) is 5.45. The van der Waals surface area contributed by atoms with Gasteiger partial charge in [-0.25, -0.2) is 0 Å². The Kier molecular flexibility index (Phi) is 6.63. The number of amides is 1. The molecule has 0 aliphatic carbocycles. The van der Waals surface area contributed by atoms with Crippen LogP contribution in [0.2, 0.25) is 0 Å². The third kappa shape index (κ3) is 4.73. The second-order valence-corrected chi connectivity index (χ2v) is 5.45. The molecule has 0 heterocycles. The van der Waals surface area contributed by atoms with Gasteiger partial charge >= 0.3 is 0 Å². The minimum atomic E-state index is -0.0658. The monoisotopic (exact) mass is 329 g/mol. The number of hydrogen-bond donors (Lipinski definition) is 2. The molecule has 1 amide bonds. The molecule has 0 unspecified atom stereocenters. The van der Waals surface area contributed by atoms with Crippen LogP contribution in [-0.4, -0.2) is 26.2 Å². The molecule has 5 nitrogen and oxygen atoms in total. The highest BCUT2D eigenvalue weighted by molar-refractivity contribution is 5.92. The van der Waals surface area contributed by atoms with E-state index in [2.05, 4.69) is 12.2 Å². The minimum Gasteiger partial charge on any atom is -0.496 e. The van der Waals surface area contributed by atoms with Gasteiger partial charge < -0.3 is 20.1 Å². The fraction of sp³-hybridized carbons (Fsp3) is 0.316. The maximum Gasteiger partial charge on any atom is 0.279 e. The van der Waals surface area contributed by atoms with Crippen LogP contribution in [0.3, 0.4) is 0 Å². The molecule has 1 atom stereocenters. The molecular formula is C19H25N2O3+. The Hall–Kier alpha value is -2.53. The molecule has 0 radical (unpaired) electrons. The summed E-state index contributed by atoms with van der Waals surface area (Å²) in [5.41, 5.74) is 1.77. The lowest BCUT2D eigenvalue weighted by Gasteiger charge is -2.15. The van der Waals surface area contributed by atoms with Gasteiger partial charge in [0.2, 0.25) is 0 Å². The Labute approximate surface area is 143 Å². The number of anilines is 1. The third-order valence-corrected chi connectivity index (χ3v) is 3.75. The van der Waals surface area contributed by atoms with Crippen molar-refractivity contribution < 1.29 is 19.6 Å². The van der Waals surface area contributed by atoms with Crippen molar-refractivity contribution >= 4 is 11.6 Å². The maximum absolute atomic E-state index is 12.2. The molecule has 2 rings (SSSR count). The maximum atomic E-state index is 12.2. The van der Waals surface area contributed by atoms with E-state index in [0.717, 1.165) is 11.3 Å². The van der Waals surface area contributed by atoms with E-state index < -0.39 is 0 Å². The predicted octanol–water partition coefficient (Wildman–Crippen LogP) is 2.36. The van der Waals surface area contributed by atoms with Crippen LogP contribution in [0.4, 0.5) is 5.69 Å². The molecule has 2 aromatic carbocycles. The smallest absolute Gasteiger partial charge is 0.279 e. The number of quaternary nitrogens is 1. The largest absolute Gasteiger partial charge is 0.496 e. The first-order valence-electron chi connectivity index (χ1n) is 8.13. The van der Waals surface area contributed by atoms with Gasteiger partial charge in [0, 0.05) is 0 Å². The number of nitrogens with one attached hydrogen (secondary N) is 1. The number of ether oxygens (including phenoxy) is 2. The van der Waals surface area contributed by atoms with Gasteiger partial charge in [-0.1, -0.05) is 24.3 Å². The molecule has 0 spiro atoms. The van der Waals surface area contributed by atoms with Crippen molar-refractivity contribution in [2.75, 3.05) is 25.6 Å². The van der Waals surface area contributed by atoms with Crippen LogP contribution in [0.25, 0.3) is 0 Å². The topological polar surface area (TPSA) is 64.2 Å². The SMILES string of the molecule is CCOc1ccccc1NC(=O)C[NH2+][C@@H](C)c1ccccc1OC. The zero-order chi connectivity index (χ0) is 17.4. The van der Waals surface area contributed by atoms with E-state index in [-0.39, 0.29) is 11.9 Å². The van der Waals surface area contributed by atoms with Crippen LogP contribution in [0.15, 0.2) is 48.5 Å². The van der Waals surface area contributed by atoms with Gasteiger partial charge in [-0.2, -0.15) is 0 Å². The van der Waals surface area contributed by atoms with E-state index in [1.165, 1.54) is 0 Å². The zero-order valence-electron chi connectivity index (χ0n) is 14.4. The van der Waals surface area contributed by atoms with E-state index in [9.17, 15) is 4.79 Å². The van der Waals surface area contributed by atoms with Crippen LogP contribution in [-0.2, 0) is 4.79 Å². The van der Waals surface area contributed by atoms with Crippen molar-refractivity contribution in [2.45, 2.75) is 19.9 Å². The van der Waals surface area contributed by atoms with Crippen molar-refractivity contribution in [3.8, 4) is 11.5 Å². The number of nitrogens with two attached hydrogens (primary N) is 1. The predicted molar refractivity (Wildman–Crippen MR) is 94.4 cm³/mol. The lowest BCUT2D eigenvalue weighted by molar-refractivity contribution is -0.682. The number of carbonyl (C=O) groups excluding carboxylic acids is 1. The Bertz CT molecular complexity index is 673. The van der Waals surface area contributed by atoms with Gasteiger partial charge in [0.05, 0.1) is 25.0 Å². The number of benzene rings is 2. The number of rotatable bonds is 8. The summed E-state index contributed by atoms with van der Waals surface area (Å²) in [4.78, 5) is 12.2. The first-order valence-corrected chi connectivity index (χ1v) is 8.13. The zero-order valence-corrected chi connectivity index (χ0v) is 14.4. The van der Waals surface area contributed by atoms with Crippen molar-refractivity contribution in [1.29, 1.82) is 0 Å². The molecule has 0 aliphatic heterocycles. The first-order chi connectivity index (χ1) is 11.7. The summed E-state index contributed by atoms with van der Waals surface area (Å²) in [5.74, 6) is 1.46. The van der Waals surface area contributed by atoms with Crippen LogP contribution in [0, 0.1) is 0 Å². The summed E-state index contributed by atoms with van der Waals surface area (Å²) < 4.78 is 10.9. The van der Waals surface area contributed by atoms with Crippen LogP contribution in [0.1, 0.15) is 25.5 Å². The molecule has 128 valence electrons. The van der Waals surface area contributed by atoms with E-state index in [0.29, 0.717) is 24.6 Å². The van der Waals surface area contributed by atoms with Crippen LogP contribution < -0.4 is 20.1 Å². The van der Waals surface area contributed by atoms with E-state index in [4.69, 9.17) is 9.47 Å². The summed E-state index contributed by atoms with van der Waals surface area (Å²) in [6.07, 6.45) is 0. The lowest BCUT2D eigenvalue weighted by atomic mass is 10.1. The second kappa shape index (κ2) is 8.93. The third-order valence-electron chi connectivity index (χ3n) is 3.75. The van der Waals surface area contributed by atoms with E-state index in [1.54, 1.807) is 7.11 Å². The lowest BCUT2D eigenvalue weighted by Crippen LogP contribution is -2.86. The highest BCUT2D eigenvalue weighted by atomic mass is 16.5. The van der Waals surface area contributed by atoms with Crippen molar-refractivity contribution in [3.63, 3.8) is 0 Å². The molecule has 0 saturated heterocycles. The van der Waals surface area contributed by atoms with Crippen LogP contribution in [0.5, 0.6) is 11.5 Å². The molecule has 24 heavy (non-hydrogen) atoms. The normalized spacial score (nSPS) is 11.6. The van der Waals surface area contributed by atoms with Crippen molar-refractivity contribution in [1.82, 2.24) is 0 Å². The summed E-state index contributed by atoms with van der Waals surface area (Å²) in [5, 5.41) is 4.89. The molecule has 0 aliphatic rings. The van der Waals surface area contributed by atoms with Gasteiger partial charge in [0.1, 0.15) is 17.5 Å². The Morgan fingerprint density at radius 3 is 2.50 bits per heavy atom. The molecular weight excluding hydrogens is 304 g/mol. The van der Waals surface area contributed by atoms with Crippen molar-refractivity contribution in [2.24, 2.45) is 0 Å². The molecule has 3 N–H and O–H groups in total. The molecule has 2 aromatic rings. The average Bonchev–Trinajstić information content (AvgIpc) is 2.61. The average molecular weight is 329 g/mol. The van der Waals surface area contributed by atoms with E-state index in [1.807, 2.05) is 60.8 Å². The van der Waals surface area contributed by atoms with Gasteiger partial charge in [0.15, 0.2) is 6.54 Å². The quantitative estimate of drug-likeness (QED) is 0.781.